The first-order valence-electron chi connectivity index (χ1n) is 3.55. The molecule has 72 valence electrons. The van der Waals surface area contributed by atoms with E-state index in [9.17, 15) is 13.2 Å². The third-order valence-electron chi connectivity index (χ3n) is 1.61. The average molecular weight is 254 g/mol. The average Bonchev–Trinajstić information content (AvgIpc) is 2.13. The van der Waals surface area contributed by atoms with Crippen molar-refractivity contribution in [3.05, 3.63) is 33.8 Å². The van der Waals surface area contributed by atoms with Crippen molar-refractivity contribution in [2.75, 3.05) is 6.54 Å². The van der Waals surface area contributed by atoms with E-state index >= 15 is 0 Å². The van der Waals surface area contributed by atoms with Gasteiger partial charge in [-0.25, -0.2) is 13.2 Å². The molecule has 5 heteroatoms. The molecule has 0 bridgehead atoms. The Balaban J connectivity index is 3.18. The molecular formula is C8H7BrF3N. The van der Waals surface area contributed by atoms with E-state index < -0.39 is 17.8 Å². The fraction of sp³-hybridized carbons (Fsp3) is 0.250. The lowest BCUT2D eigenvalue weighted by molar-refractivity contribution is 0.340. The summed E-state index contributed by atoms with van der Waals surface area (Å²) in [5.41, 5.74) is 4.78. The van der Waals surface area contributed by atoms with Gasteiger partial charge in [-0.15, -0.1) is 0 Å². The summed E-state index contributed by atoms with van der Waals surface area (Å²) < 4.78 is 38.4. The second-order valence-corrected chi connectivity index (χ2v) is 3.26. The third kappa shape index (κ3) is 2.03. The molecule has 0 saturated heterocycles. The van der Waals surface area contributed by atoms with E-state index in [0.29, 0.717) is 0 Å². The smallest absolute Gasteiger partial charge is 0.146 e. The molecule has 0 fully saturated rings. The number of rotatable bonds is 2. The van der Waals surface area contributed by atoms with Crippen molar-refractivity contribution < 1.29 is 13.2 Å². The van der Waals surface area contributed by atoms with Gasteiger partial charge in [0.05, 0.1) is 4.47 Å². The normalized spacial score (nSPS) is 13.0. The highest BCUT2D eigenvalue weighted by Gasteiger charge is 2.17. The van der Waals surface area contributed by atoms with E-state index in [-0.39, 0.29) is 16.6 Å². The van der Waals surface area contributed by atoms with Crippen molar-refractivity contribution in [1.29, 1.82) is 0 Å². The van der Waals surface area contributed by atoms with Crippen LogP contribution in [0.2, 0.25) is 0 Å². The molecule has 1 nitrogen and oxygen atoms in total. The minimum atomic E-state index is -1.60. The van der Waals surface area contributed by atoms with Gasteiger partial charge in [-0.1, -0.05) is 6.07 Å². The van der Waals surface area contributed by atoms with Gasteiger partial charge in [-0.3, -0.25) is 0 Å². The Labute approximate surface area is 81.9 Å². The van der Waals surface area contributed by atoms with Crippen LogP contribution in [0.15, 0.2) is 16.6 Å². The van der Waals surface area contributed by atoms with Gasteiger partial charge in [-0.05, 0) is 22.0 Å². The van der Waals surface area contributed by atoms with Crippen molar-refractivity contribution in [3.8, 4) is 0 Å². The lowest BCUT2D eigenvalue weighted by Gasteiger charge is -2.08. The molecule has 1 atom stereocenters. The lowest BCUT2D eigenvalue weighted by Crippen LogP contribution is -2.09. The van der Waals surface area contributed by atoms with E-state index in [4.69, 9.17) is 5.73 Å². The second-order valence-electron chi connectivity index (χ2n) is 2.47. The van der Waals surface area contributed by atoms with Crippen molar-refractivity contribution >= 4 is 15.9 Å². The molecule has 0 heterocycles. The number of halogens is 4. The summed E-state index contributed by atoms with van der Waals surface area (Å²) >= 11 is 2.67. The SMILES string of the molecule is NCC(F)c1ccc(F)c(Br)c1F. The molecule has 0 aromatic heterocycles. The van der Waals surface area contributed by atoms with Crippen LogP contribution >= 0.6 is 15.9 Å². The molecule has 0 aliphatic rings. The Hall–Kier alpha value is -0.550. The number of alkyl halides is 1. The maximum atomic E-state index is 13.1. The molecule has 13 heavy (non-hydrogen) atoms. The Morgan fingerprint density at radius 1 is 1.38 bits per heavy atom. The largest absolute Gasteiger partial charge is 0.327 e. The van der Waals surface area contributed by atoms with Crippen molar-refractivity contribution in [2.45, 2.75) is 6.17 Å². The lowest BCUT2D eigenvalue weighted by atomic mass is 10.1. The first-order chi connectivity index (χ1) is 6.07. The third-order valence-corrected chi connectivity index (χ3v) is 2.34. The molecule has 1 aromatic carbocycles. The summed E-state index contributed by atoms with van der Waals surface area (Å²) in [5, 5.41) is 0. The minimum absolute atomic E-state index is 0.226. The van der Waals surface area contributed by atoms with Crippen molar-refractivity contribution in [3.63, 3.8) is 0 Å². The molecule has 0 aliphatic heterocycles. The predicted molar refractivity (Wildman–Crippen MR) is 47.0 cm³/mol. The highest BCUT2D eigenvalue weighted by Crippen LogP contribution is 2.27. The van der Waals surface area contributed by atoms with Crippen LogP contribution in [0.4, 0.5) is 13.2 Å². The van der Waals surface area contributed by atoms with E-state index in [1.165, 1.54) is 0 Å². The summed E-state index contributed by atoms with van der Waals surface area (Å²) in [6, 6.07) is 2.04. The molecule has 0 saturated carbocycles. The Morgan fingerprint density at radius 2 is 2.00 bits per heavy atom. The fourth-order valence-corrected chi connectivity index (χ4v) is 1.27. The summed E-state index contributed by atoms with van der Waals surface area (Å²) in [4.78, 5) is 0. The number of nitrogens with two attached hydrogens (primary N) is 1. The van der Waals surface area contributed by atoms with Crippen LogP contribution < -0.4 is 5.73 Å². The van der Waals surface area contributed by atoms with Gasteiger partial charge in [0.15, 0.2) is 0 Å². The summed E-state index contributed by atoms with van der Waals surface area (Å²) in [7, 11) is 0. The zero-order valence-corrected chi connectivity index (χ0v) is 8.11. The zero-order valence-electron chi connectivity index (χ0n) is 6.53. The molecule has 0 aliphatic carbocycles. The Kier molecular flexibility index (Phi) is 3.33. The molecule has 1 rings (SSSR count). The van der Waals surface area contributed by atoms with Crippen LogP contribution in [-0.2, 0) is 0 Å². The highest BCUT2D eigenvalue weighted by atomic mass is 79.9. The van der Waals surface area contributed by atoms with Gasteiger partial charge in [0, 0.05) is 12.1 Å². The van der Waals surface area contributed by atoms with Gasteiger partial charge in [0.2, 0.25) is 0 Å². The number of benzene rings is 1. The highest BCUT2D eigenvalue weighted by molar-refractivity contribution is 9.10. The van der Waals surface area contributed by atoms with Gasteiger partial charge in [-0.2, -0.15) is 0 Å². The molecule has 1 aromatic rings. The van der Waals surface area contributed by atoms with E-state index in [2.05, 4.69) is 15.9 Å². The Morgan fingerprint density at radius 3 is 2.54 bits per heavy atom. The van der Waals surface area contributed by atoms with E-state index in [1.54, 1.807) is 0 Å². The summed E-state index contributed by atoms with van der Waals surface area (Å²) in [6.45, 7) is -0.324. The van der Waals surface area contributed by atoms with E-state index in [0.717, 1.165) is 12.1 Å². The fourth-order valence-electron chi connectivity index (χ4n) is 0.910. The monoisotopic (exact) mass is 253 g/mol. The molecule has 0 radical (unpaired) electrons. The van der Waals surface area contributed by atoms with Crippen molar-refractivity contribution in [2.24, 2.45) is 5.73 Å². The van der Waals surface area contributed by atoms with Crippen LogP contribution in [0.3, 0.4) is 0 Å². The molecular weight excluding hydrogens is 247 g/mol. The molecule has 0 amide bonds. The van der Waals surface area contributed by atoms with Gasteiger partial charge in [0.25, 0.3) is 0 Å². The zero-order chi connectivity index (χ0) is 10.0. The molecule has 1 unspecified atom stereocenters. The minimum Gasteiger partial charge on any atom is -0.327 e. The maximum Gasteiger partial charge on any atom is 0.146 e. The number of hydrogen-bond acceptors (Lipinski definition) is 1. The molecule has 0 spiro atoms. The van der Waals surface area contributed by atoms with Gasteiger partial charge in [0.1, 0.15) is 17.8 Å². The van der Waals surface area contributed by atoms with Crippen LogP contribution in [0.25, 0.3) is 0 Å². The molecule has 2 N–H and O–H groups in total. The predicted octanol–water partition coefficient (Wildman–Crippen LogP) is 2.70. The van der Waals surface area contributed by atoms with Crippen LogP contribution in [0.5, 0.6) is 0 Å². The van der Waals surface area contributed by atoms with Gasteiger partial charge >= 0.3 is 0 Å². The van der Waals surface area contributed by atoms with Crippen LogP contribution in [-0.4, -0.2) is 6.54 Å². The van der Waals surface area contributed by atoms with Crippen molar-refractivity contribution in [1.82, 2.24) is 0 Å². The van der Waals surface area contributed by atoms with Gasteiger partial charge < -0.3 is 5.73 Å². The quantitative estimate of drug-likeness (QED) is 0.807. The van der Waals surface area contributed by atoms with Crippen LogP contribution in [0.1, 0.15) is 11.7 Å². The van der Waals surface area contributed by atoms with Crippen LogP contribution in [0, 0.1) is 11.6 Å². The second kappa shape index (κ2) is 4.11. The summed E-state index contributed by atoms with van der Waals surface area (Å²) in [5.74, 6) is -1.69. The maximum absolute atomic E-state index is 13.1. The van der Waals surface area contributed by atoms with E-state index in [1.807, 2.05) is 0 Å². The topological polar surface area (TPSA) is 26.0 Å². The standard InChI is InChI=1S/C8H7BrF3N/c9-7-5(10)2-1-4(8(7)12)6(11)3-13/h1-2,6H,3,13H2. The number of hydrogen-bond donors (Lipinski definition) is 1. The first-order valence-corrected chi connectivity index (χ1v) is 4.34. The first kappa shape index (κ1) is 10.5. The Bertz CT molecular complexity index is 317. The summed E-state index contributed by atoms with van der Waals surface area (Å²) in [6.07, 6.45) is -1.60.